The van der Waals surface area contributed by atoms with E-state index in [4.69, 9.17) is 0 Å². The Bertz CT molecular complexity index is 572. The number of carbonyl (C=O) groups excluding carboxylic acids is 2. The summed E-state index contributed by atoms with van der Waals surface area (Å²) in [7, 11) is 2.21. The third-order valence-corrected chi connectivity index (χ3v) is 5.35. The van der Waals surface area contributed by atoms with Gasteiger partial charge in [0.2, 0.25) is 0 Å². The van der Waals surface area contributed by atoms with E-state index in [0.717, 1.165) is 32.5 Å². The summed E-state index contributed by atoms with van der Waals surface area (Å²) in [5.74, 6) is -0.176. The van der Waals surface area contributed by atoms with Gasteiger partial charge in [-0.15, -0.1) is 0 Å². The van der Waals surface area contributed by atoms with Gasteiger partial charge in [-0.3, -0.25) is 14.7 Å². The van der Waals surface area contributed by atoms with Gasteiger partial charge in [-0.25, -0.2) is 0 Å². The van der Waals surface area contributed by atoms with Crippen LogP contribution in [0, 0.1) is 0 Å². The number of nitrogens with zero attached hydrogens (tertiary/aromatic N) is 3. The van der Waals surface area contributed by atoms with Crippen molar-refractivity contribution in [3.05, 3.63) is 17.5 Å². The van der Waals surface area contributed by atoms with Crippen LogP contribution >= 0.6 is 0 Å². The van der Waals surface area contributed by atoms with E-state index in [-0.39, 0.29) is 17.2 Å². The highest BCUT2D eigenvalue weighted by molar-refractivity contribution is 5.97. The zero-order chi connectivity index (χ0) is 15.7. The van der Waals surface area contributed by atoms with Crippen molar-refractivity contribution in [3.8, 4) is 0 Å². The molecule has 2 saturated heterocycles. The van der Waals surface area contributed by atoms with E-state index >= 15 is 0 Å². The molecule has 0 aromatic carbocycles. The van der Waals surface area contributed by atoms with Crippen LogP contribution in [0.15, 0.2) is 6.07 Å². The molecule has 1 aromatic rings. The van der Waals surface area contributed by atoms with Crippen molar-refractivity contribution in [1.29, 1.82) is 0 Å². The number of likely N-dealkylation sites (tertiary alicyclic amines) is 2. The van der Waals surface area contributed by atoms with Crippen LogP contribution in [0.4, 0.5) is 0 Å². The highest BCUT2D eigenvalue weighted by atomic mass is 16.2. The minimum Gasteiger partial charge on any atom is -0.337 e. The fraction of sp³-hybridized carbons (Fsp3) is 0.688. The zero-order valence-electron chi connectivity index (χ0n) is 13.4. The quantitative estimate of drug-likeness (QED) is 0.844. The molecule has 120 valence electrons. The molecule has 0 bridgehead atoms. The molecular weight excluding hydrogens is 280 g/mol. The maximum atomic E-state index is 12.5. The van der Waals surface area contributed by atoms with Gasteiger partial charge in [-0.05, 0) is 45.3 Å². The first-order valence-corrected chi connectivity index (χ1v) is 8.09. The molecule has 6 heteroatoms. The van der Waals surface area contributed by atoms with Crippen LogP contribution in [0.25, 0.3) is 0 Å². The summed E-state index contributed by atoms with van der Waals surface area (Å²) >= 11 is 0. The summed E-state index contributed by atoms with van der Waals surface area (Å²) in [6.45, 7) is 4.17. The van der Waals surface area contributed by atoms with E-state index in [1.807, 2.05) is 4.90 Å². The van der Waals surface area contributed by atoms with Gasteiger partial charge in [0.1, 0.15) is 11.4 Å². The molecule has 6 nitrogen and oxygen atoms in total. The van der Waals surface area contributed by atoms with Gasteiger partial charge in [0.15, 0.2) is 5.78 Å². The van der Waals surface area contributed by atoms with Crippen LogP contribution in [0.3, 0.4) is 0 Å². The number of Topliss-reactive ketones (excluding diaryl/α,β-unsaturated/α-hetero) is 1. The van der Waals surface area contributed by atoms with Crippen LogP contribution in [-0.4, -0.2) is 63.9 Å². The van der Waals surface area contributed by atoms with E-state index in [0.29, 0.717) is 11.4 Å². The summed E-state index contributed by atoms with van der Waals surface area (Å²) in [5, 5.41) is 6.59. The van der Waals surface area contributed by atoms with Crippen molar-refractivity contribution >= 4 is 11.7 Å². The Hall–Kier alpha value is -1.69. The molecular formula is C16H24N4O2. The number of aromatic amines is 1. The van der Waals surface area contributed by atoms with Gasteiger partial charge < -0.3 is 9.80 Å². The second kappa shape index (κ2) is 5.83. The Balaban J connectivity index is 1.65. The summed E-state index contributed by atoms with van der Waals surface area (Å²) in [5.41, 5.74) is 1.02. The number of H-pyrrole nitrogens is 1. The highest BCUT2D eigenvalue weighted by Crippen LogP contribution is 2.36. The summed E-state index contributed by atoms with van der Waals surface area (Å²) in [4.78, 5) is 28.2. The summed E-state index contributed by atoms with van der Waals surface area (Å²) < 4.78 is 0. The van der Waals surface area contributed by atoms with Gasteiger partial charge in [0, 0.05) is 25.6 Å². The molecule has 0 radical (unpaired) electrons. The molecule has 0 atom stereocenters. The van der Waals surface area contributed by atoms with E-state index in [2.05, 4.69) is 22.1 Å². The van der Waals surface area contributed by atoms with Crippen LogP contribution in [0.2, 0.25) is 0 Å². The molecule has 0 unspecified atom stereocenters. The number of ketones is 1. The maximum absolute atomic E-state index is 12.5. The summed E-state index contributed by atoms with van der Waals surface area (Å²) in [6, 6.07) is 1.56. The summed E-state index contributed by atoms with van der Waals surface area (Å²) in [6.07, 6.45) is 5.87. The molecule has 2 aliphatic rings. The van der Waals surface area contributed by atoms with Gasteiger partial charge in [0.25, 0.3) is 5.91 Å². The smallest absolute Gasteiger partial charge is 0.271 e. The first kappa shape index (κ1) is 15.2. The number of amides is 1. The average Bonchev–Trinajstić information content (AvgIpc) is 3.01. The van der Waals surface area contributed by atoms with Crippen LogP contribution in [0.5, 0.6) is 0 Å². The largest absolute Gasteiger partial charge is 0.337 e. The molecule has 2 aliphatic heterocycles. The molecule has 1 N–H and O–H groups in total. The Morgan fingerprint density at radius 1 is 1.18 bits per heavy atom. The second-order valence-corrected chi connectivity index (χ2v) is 6.62. The Morgan fingerprint density at radius 3 is 2.50 bits per heavy atom. The van der Waals surface area contributed by atoms with E-state index in [1.54, 1.807) is 6.07 Å². The lowest BCUT2D eigenvalue weighted by Gasteiger charge is -2.50. The Morgan fingerprint density at radius 2 is 1.91 bits per heavy atom. The lowest BCUT2D eigenvalue weighted by molar-refractivity contribution is 0.0109. The monoisotopic (exact) mass is 304 g/mol. The fourth-order valence-electron chi connectivity index (χ4n) is 3.77. The number of nitrogens with one attached hydrogen (secondary N) is 1. The molecule has 22 heavy (non-hydrogen) atoms. The number of carbonyl (C=O) groups is 2. The van der Waals surface area contributed by atoms with E-state index in [9.17, 15) is 9.59 Å². The van der Waals surface area contributed by atoms with Gasteiger partial charge in [0.05, 0.1) is 0 Å². The van der Waals surface area contributed by atoms with Gasteiger partial charge in [-0.1, -0.05) is 6.42 Å². The molecule has 1 spiro atoms. The normalized spacial score (nSPS) is 22.0. The predicted octanol–water partition coefficient (Wildman–Crippen LogP) is 1.70. The molecule has 3 rings (SSSR count). The van der Waals surface area contributed by atoms with Gasteiger partial charge in [-0.2, -0.15) is 5.10 Å². The molecule has 1 aromatic heterocycles. The van der Waals surface area contributed by atoms with Crippen molar-refractivity contribution < 1.29 is 9.59 Å². The maximum Gasteiger partial charge on any atom is 0.271 e. The molecule has 3 heterocycles. The minimum absolute atomic E-state index is 0.0479. The number of hydrogen-bond donors (Lipinski definition) is 1. The van der Waals surface area contributed by atoms with Gasteiger partial charge >= 0.3 is 0 Å². The highest BCUT2D eigenvalue weighted by Gasteiger charge is 2.40. The number of rotatable bonds is 2. The molecule has 1 amide bonds. The Labute approximate surface area is 130 Å². The number of piperidine rings is 2. The Kier molecular flexibility index (Phi) is 4.04. The first-order chi connectivity index (χ1) is 10.5. The molecule has 2 fully saturated rings. The SMILES string of the molecule is CC(=O)c1cc(C(=O)N2CCC3(CCCCN3C)CC2)[nH]n1. The zero-order valence-corrected chi connectivity index (χ0v) is 13.4. The van der Waals surface area contributed by atoms with Crippen molar-refractivity contribution in [2.45, 2.75) is 44.6 Å². The third kappa shape index (κ3) is 2.67. The van der Waals surface area contributed by atoms with Crippen molar-refractivity contribution in [3.63, 3.8) is 0 Å². The van der Waals surface area contributed by atoms with Crippen molar-refractivity contribution in [1.82, 2.24) is 20.0 Å². The van der Waals surface area contributed by atoms with Crippen LogP contribution in [-0.2, 0) is 0 Å². The van der Waals surface area contributed by atoms with Crippen molar-refractivity contribution in [2.24, 2.45) is 0 Å². The van der Waals surface area contributed by atoms with E-state index in [1.165, 1.54) is 26.2 Å². The van der Waals surface area contributed by atoms with Crippen LogP contribution < -0.4 is 0 Å². The number of hydrogen-bond acceptors (Lipinski definition) is 4. The third-order valence-electron chi connectivity index (χ3n) is 5.35. The van der Waals surface area contributed by atoms with Crippen LogP contribution in [0.1, 0.15) is 60.0 Å². The fourth-order valence-corrected chi connectivity index (χ4v) is 3.77. The topological polar surface area (TPSA) is 69.3 Å². The molecule has 0 saturated carbocycles. The van der Waals surface area contributed by atoms with Crippen molar-refractivity contribution in [2.75, 3.05) is 26.7 Å². The standard InChI is InChI=1S/C16H24N4O2/c1-12(21)13-11-14(18-17-13)15(22)20-9-6-16(7-10-20)5-3-4-8-19(16)2/h11H,3-10H2,1-2H3,(H,17,18). The average molecular weight is 304 g/mol. The second-order valence-electron chi connectivity index (χ2n) is 6.62. The lowest BCUT2D eigenvalue weighted by atomic mass is 9.79. The number of aromatic nitrogens is 2. The predicted molar refractivity (Wildman–Crippen MR) is 82.9 cm³/mol. The molecule has 0 aliphatic carbocycles. The minimum atomic E-state index is -0.128. The lowest BCUT2D eigenvalue weighted by Crippen LogP contribution is -2.56. The van der Waals surface area contributed by atoms with E-state index < -0.39 is 0 Å². The first-order valence-electron chi connectivity index (χ1n) is 8.09.